The van der Waals surface area contributed by atoms with Crippen LogP contribution in [0, 0.1) is 24.7 Å². The fourth-order valence-electron chi connectivity index (χ4n) is 6.49. The zero-order valence-electron chi connectivity index (χ0n) is 22.3. The molecule has 0 radical (unpaired) electrons. The van der Waals surface area contributed by atoms with E-state index in [1.54, 1.807) is 39.8 Å². The summed E-state index contributed by atoms with van der Waals surface area (Å²) in [4.78, 5) is 45.4. The number of aliphatic hydroxyl groups is 1. The molecule has 6 atom stereocenters. The molecular weight excluding hydrogens is 524 g/mol. The third-order valence-electron chi connectivity index (χ3n) is 8.16. The zero-order valence-corrected chi connectivity index (χ0v) is 23.8. The fraction of sp³-hybridized carbons (Fsp3) is 0.552. The van der Waals surface area contributed by atoms with Crippen molar-refractivity contribution < 1.29 is 24.2 Å². The standard InChI is InChI=1S/C29H37ClN2O5S/c1-6-8-15-37-28(36)22-21-12-13-29(38-21)23(22)26(34)32(20(16-33)17(3)4)25(29)27(35)31(14-7-2)24-18(5)10-9-11-19(24)30/h6-7,9-11,17,20-23,25,33H,1-2,8,12-16H2,3-5H3/t20-,21+,22-,23-,25?,29?/m0/s1. The first-order valence-corrected chi connectivity index (χ1v) is 14.5. The molecule has 9 heteroatoms. The number of carbonyl (C=O) groups excluding carboxylic acids is 3. The molecule has 2 amide bonds. The number of anilines is 1. The van der Waals surface area contributed by atoms with Crippen molar-refractivity contribution in [1.29, 1.82) is 0 Å². The highest BCUT2D eigenvalue weighted by Gasteiger charge is 2.75. The van der Waals surface area contributed by atoms with Gasteiger partial charge in [-0.15, -0.1) is 24.9 Å². The van der Waals surface area contributed by atoms with Crippen molar-refractivity contribution in [2.75, 3.05) is 24.7 Å². The fourth-order valence-corrected chi connectivity index (χ4v) is 9.00. The average molecular weight is 561 g/mol. The molecule has 0 aliphatic carbocycles. The van der Waals surface area contributed by atoms with Crippen LogP contribution in [0.5, 0.6) is 0 Å². The van der Waals surface area contributed by atoms with Crippen LogP contribution in [-0.4, -0.2) is 69.6 Å². The summed E-state index contributed by atoms with van der Waals surface area (Å²) in [5, 5.41) is 10.7. The van der Waals surface area contributed by atoms with E-state index in [4.69, 9.17) is 16.3 Å². The Bertz CT molecular complexity index is 1110. The van der Waals surface area contributed by atoms with Gasteiger partial charge in [-0.2, -0.15) is 0 Å². The second kappa shape index (κ2) is 11.4. The van der Waals surface area contributed by atoms with E-state index < -0.39 is 34.6 Å². The van der Waals surface area contributed by atoms with Gasteiger partial charge in [0.2, 0.25) is 5.91 Å². The molecule has 1 N–H and O–H groups in total. The van der Waals surface area contributed by atoms with Crippen LogP contribution in [0.2, 0.25) is 5.02 Å². The molecule has 206 valence electrons. The van der Waals surface area contributed by atoms with Gasteiger partial charge in [-0.05, 0) is 43.7 Å². The van der Waals surface area contributed by atoms with Crippen molar-refractivity contribution in [1.82, 2.24) is 4.90 Å². The minimum Gasteiger partial charge on any atom is -0.465 e. The Morgan fingerprint density at radius 1 is 1.34 bits per heavy atom. The quantitative estimate of drug-likeness (QED) is 0.245. The number of aryl methyl sites for hydroxylation is 1. The van der Waals surface area contributed by atoms with Crippen LogP contribution in [0.4, 0.5) is 5.69 Å². The number of fused-ring (bicyclic) bond motifs is 1. The van der Waals surface area contributed by atoms with E-state index in [0.717, 1.165) is 5.56 Å². The molecule has 3 fully saturated rings. The number of nitrogens with zero attached hydrogens (tertiary/aromatic N) is 2. The lowest BCUT2D eigenvalue weighted by Gasteiger charge is -2.41. The largest absolute Gasteiger partial charge is 0.465 e. The van der Waals surface area contributed by atoms with Gasteiger partial charge in [-0.3, -0.25) is 14.4 Å². The van der Waals surface area contributed by atoms with Crippen molar-refractivity contribution in [3.63, 3.8) is 0 Å². The van der Waals surface area contributed by atoms with Gasteiger partial charge in [0, 0.05) is 11.8 Å². The van der Waals surface area contributed by atoms with Crippen LogP contribution in [0.15, 0.2) is 43.5 Å². The van der Waals surface area contributed by atoms with E-state index in [-0.39, 0.29) is 42.7 Å². The van der Waals surface area contributed by atoms with E-state index in [9.17, 15) is 19.5 Å². The van der Waals surface area contributed by atoms with Gasteiger partial charge < -0.3 is 19.6 Å². The predicted molar refractivity (Wildman–Crippen MR) is 151 cm³/mol. The summed E-state index contributed by atoms with van der Waals surface area (Å²) in [5.74, 6) is -2.36. The smallest absolute Gasteiger partial charge is 0.310 e. The Hall–Kier alpha value is -2.29. The molecule has 3 aliphatic heterocycles. The summed E-state index contributed by atoms with van der Waals surface area (Å²) >= 11 is 8.18. The molecule has 2 bridgehead atoms. The SMILES string of the molecule is C=CCCOC(=O)[C@@H]1[C@H]2C(=O)N([C@@H](CO)C(C)C)C(C(=O)N(CC=C)c3c(C)cccc3Cl)C23CC[C@H]1S3. The van der Waals surface area contributed by atoms with Crippen LogP contribution in [0.25, 0.3) is 0 Å². The topological polar surface area (TPSA) is 87.1 Å². The third kappa shape index (κ3) is 4.58. The minimum absolute atomic E-state index is 0.0980. The third-order valence-corrected chi connectivity index (χ3v) is 10.4. The average Bonchev–Trinajstić information content (AvgIpc) is 3.51. The number of halogens is 1. The summed E-state index contributed by atoms with van der Waals surface area (Å²) in [6, 6.07) is 4.01. The molecule has 7 nitrogen and oxygen atoms in total. The van der Waals surface area contributed by atoms with Crippen molar-refractivity contribution in [2.45, 2.75) is 62.1 Å². The maximum Gasteiger partial charge on any atom is 0.310 e. The van der Waals surface area contributed by atoms with Crippen molar-refractivity contribution in [3.05, 3.63) is 54.1 Å². The molecule has 1 aromatic carbocycles. The van der Waals surface area contributed by atoms with Gasteiger partial charge in [0.15, 0.2) is 0 Å². The molecule has 0 aromatic heterocycles. The monoisotopic (exact) mass is 560 g/mol. The summed E-state index contributed by atoms with van der Waals surface area (Å²) in [6.45, 7) is 13.4. The summed E-state index contributed by atoms with van der Waals surface area (Å²) < 4.78 is 4.76. The molecule has 1 spiro atoms. The number of hydrogen-bond acceptors (Lipinski definition) is 6. The van der Waals surface area contributed by atoms with Crippen LogP contribution in [0.3, 0.4) is 0 Å². The number of para-hydroxylation sites is 1. The maximum atomic E-state index is 14.7. The number of ether oxygens (including phenoxy) is 1. The lowest BCUT2D eigenvalue weighted by molar-refractivity contribution is -0.154. The number of rotatable bonds is 11. The Morgan fingerprint density at radius 3 is 2.68 bits per heavy atom. The number of esters is 1. The molecule has 3 aliphatic rings. The molecule has 4 rings (SSSR count). The highest BCUT2D eigenvalue weighted by atomic mass is 35.5. The van der Waals surface area contributed by atoms with E-state index in [1.807, 2.05) is 32.9 Å². The van der Waals surface area contributed by atoms with E-state index in [1.165, 1.54) is 0 Å². The minimum atomic E-state index is -0.865. The van der Waals surface area contributed by atoms with E-state index >= 15 is 0 Å². The Kier molecular flexibility index (Phi) is 8.65. The number of thioether (sulfide) groups is 1. The summed E-state index contributed by atoms with van der Waals surface area (Å²) in [6.07, 6.45) is 5.19. The molecule has 0 saturated carbocycles. The van der Waals surface area contributed by atoms with Gasteiger partial charge >= 0.3 is 5.97 Å². The van der Waals surface area contributed by atoms with Gasteiger partial charge in [0.05, 0.1) is 46.5 Å². The molecule has 1 aromatic rings. The highest BCUT2D eigenvalue weighted by molar-refractivity contribution is 8.02. The summed E-state index contributed by atoms with van der Waals surface area (Å²) in [5.41, 5.74) is 1.40. The summed E-state index contributed by atoms with van der Waals surface area (Å²) in [7, 11) is 0. The van der Waals surface area contributed by atoms with Gasteiger partial charge in [0.25, 0.3) is 5.91 Å². The van der Waals surface area contributed by atoms with Crippen molar-refractivity contribution in [2.24, 2.45) is 17.8 Å². The normalized spacial score (nSPS) is 28.4. The number of aliphatic hydroxyl groups excluding tert-OH is 1. The first-order valence-electron chi connectivity index (χ1n) is 13.2. The first kappa shape index (κ1) is 28.7. The number of benzene rings is 1. The highest BCUT2D eigenvalue weighted by Crippen LogP contribution is 2.67. The van der Waals surface area contributed by atoms with Crippen molar-refractivity contribution in [3.8, 4) is 0 Å². The van der Waals surface area contributed by atoms with Crippen LogP contribution in [0.1, 0.15) is 38.7 Å². The molecule has 3 saturated heterocycles. The molecule has 3 heterocycles. The maximum absolute atomic E-state index is 14.7. The van der Waals surface area contributed by atoms with Crippen LogP contribution < -0.4 is 4.90 Å². The number of likely N-dealkylation sites (tertiary alicyclic amines) is 1. The first-order chi connectivity index (χ1) is 18.1. The Morgan fingerprint density at radius 2 is 2.08 bits per heavy atom. The number of hydrogen-bond donors (Lipinski definition) is 1. The van der Waals surface area contributed by atoms with Gasteiger partial charge in [0.1, 0.15) is 6.04 Å². The number of carbonyl (C=O) groups is 3. The Balaban J connectivity index is 1.82. The Labute approximate surface area is 234 Å². The molecule has 38 heavy (non-hydrogen) atoms. The van der Waals surface area contributed by atoms with E-state index in [2.05, 4.69) is 13.2 Å². The van der Waals surface area contributed by atoms with Gasteiger partial charge in [-0.25, -0.2) is 0 Å². The van der Waals surface area contributed by atoms with Crippen LogP contribution >= 0.6 is 23.4 Å². The molecular formula is C29H37ClN2O5S. The van der Waals surface area contributed by atoms with E-state index in [0.29, 0.717) is 30.0 Å². The lowest BCUT2D eigenvalue weighted by Crippen LogP contribution is -2.58. The van der Waals surface area contributed by atoms with Crippen molar-refractivity contribution >= 4 is 46.8 Å². The zero-order chi connectivity index (χ0) is 27.8. The second-order valence-corrected chi connectivity index (χ2v) is 12.7. The predicted octanol–water partition coefficient (Wildman–Crippen LogP) is 4.39. The lowest BCUT2D eigenvalue weighted by atomic mass is 9.71. The second-order valence-electron chi connectivity index (χ2n) is 10.7. The number of amides is 2. The van der Waals surface area contributed by atoms with Crippen LogP contribution in [-0.2, 0) is 19.1 Å². The molecule has 2 unspecified atom stereocenters. The van der Waals surface area contributed by atoms with Gasteiger partial charge in [-0.1, -0.05) is 49.7 Å².